The van der Waals surface area contributed by atoms with Gasteiger partial charge in [0.05, 0.1) is 12.5 Å². The number of carbonyl (C=O) groups excluding carboxylic acids is 1. The Kier molecular flexibility index (Phi) is 4.17. The van der Waals surface area contributed by atoms with Crippen molar-refractivity contribution in [2.24, 2.45) is 0 Å². The highest BCUT2D eigenvalue weighted by Crippen LogP contribution is 2.16. The van der Waals surface area contributed by atoms with Crippen LogP contribution in [-0.2, 0) is 17.8 Å². The van der Waals surface area contributed by atoms with Crippen LogP contribution in [0.5, 0.6) is 0 Å². The molecule has 1 atom stereocenters. The Morgan fingerprint density at radius 1 is 1.65 bits per heavy atom. The average molecular weight is 254 g/mol. The standard InChI is InChI=1S/C11H18N4OS/c1-3-15-11(12-8-13-15)6-10(16)9-7-17-5-4-14(9)2/h8-9H,3-7H2,1-2H3. The highest BCUT2D eigenvalue weighted by Gasteiger charge is 2.27. The van der Waals surface area contributed by atoms with Crippen LogP contribution in [-0.4, -0.2) is 56.6 Å². The van der Waals surface area contributed by atoms with Crippen molar-refractivity contribution in [3.05, 3.63) is 12.2 Å². The van der Waals surface area contributed by atoms with Crippen LogP contribution in [0.2, 0.25) is 0 Å². The molecule has 0 radical (unpaired) electrons. The molecule has 2 rings (SSSR count). The van der Waals surface area contributed by atoms with Crippen LogP contribution in [0, 0.1) is 0 Å². The minimum Gasteiger partial charge on any atom is -0.297 e. The predicted octanol–water partition coefficient (Wildman–Crippen LogP) is 0.457. The van der Waals surface area contributed by atoms with Gasteiger partial charge in [0.15, 0.2) is 5.78 Å². The van der Waals surface area contributed by atoms with Crippen molar-refractivity contribution in [3.63, 3.8) is 0 Å². The molecule has 1 fully saturated rings. The van der Waals surface area contributed by atoms with Gasteiger partial charge < -0.3 is 0 Å². The molecule has 1 aliphatic heterocycles. The third-order valence-electron chi connectivity index (χ3n) is 3.10. The molecule has 0 N–H and O–H groups in total. The highest BCUT2D eigenvalue weighted by atomic mass is 32.2. The second-order valence-electron chi connectivity index (χ2n) is 4.21. The van der Waals surface area contributed by atoms with Gasteiger partial charge in [-0.3, -0.25) is 9.69 Å². The smallest absolute Gasteiger partial charge is 0.158 e. The Morgan fingerprint density at radius 2 is 2.47 bits per heavy atom. The maximum Gasteiger partial charge on any atom is 0.158 e. The number of Topliss-reactive ketones (excluding diaryl/α,β-unsaturated/α-hetero) is 1. The van der Waals surface area contributed by atoms with E-state index in [4.69, 9.17) is 0 Å². The maximum atomic E-state index is 12.2. The molecule has 1 unspecified atom stereocenters. The van der Waals surface area contributed by atoms with Crippen LogP contribution in [0.15, 0.2) is 6.33 Å². The molecule has 94 valence electrons. The van der Waals surface area contributed by atoms with Gasteiger partial charge in [0, 0.05) is 24.6 Å². The fourth-order valence-electron chi connectivity index (χ4n) is 1.99. The van der Waals surface area contributed by atoms with E-state index in [1.54, 1.807) is 4.68 Å². The molecule has 0 aromatic carbocycles. The summed E-state index contributed by atoms with van der Waals surface area (Å²) in [5.74, 6) is 3.05. The summed E-state index contributed by atoms with van der Waals surface area (Å²) in [6.45, 7) is 3.75. The fraction of sp³-hybridized carbons (Fsp3) is 0.727. The highest BCUT2D eigenvalue weighted by molar-refractivity contribution is 7.99. The number of nitrogens with zero attached hydrogens (tertiary/aromatic N) is 4. The van der Waals surface area contributed by atoms with Crippen LogP contribution in [0.4, 0.5) is 0 Å². The van der Waals surface area contributed by atoms with Crippen molar-refractivity contribution in [2.45, 2.75) is 25.9 Å². The molecular weight excluding hydrogens is 236 g/mol. The molecule has 1 aliphatic rings. The van der Waals surface area contributed by atoms with Gasteiger partial charge >= 0.3 is 0 Å². The van der Waals surface area contributed by atoms with Crippen LogP contribution in [0.25, 0.3) is 0 Å². The van der Waals surface area contributed by atoms with Gasteiger partial charge in [-0.25, -0.2) is 9.67 Å². The quantitative estimate of drug-likeness (QED) is 0.781. The van der Waals surface area contributed by atoms with Crippen LogP contribution in [0.1, 0.15) is 12.7 Å². The summed E-state index contributed by atoms with van der Waals surface area (Å²) in [7, 11) is 2.02. The molecule has 6 heteroatoms. The van der Waals surface area contributed by atoms with E-state index < -0.39 is 0 Å². The number of thioether (sulfide) groups is 1. The van der Waals surface area contributed by atoms with E-state index in [-0.39, 0.29) is 11.8 Å². The van der Waals surface area contributed by atoms with Crippen LogP contribution in [0.3, 0.4) is 0 Å². The Balaban J connectivity index is 2.01. The Morgan fingerprint density at radius 3 is 3.18 bits per heavy atom. The molecule has 2 heterocycles. The Hall–Kier alpha value is -0.880. The first-order valence-electron chi connectivity index (χ1n) is 5.89. The largest absolute Gasteiger partial charge is 0.297 e. The molecule has 5 nitrogen and oxygen atoms in total. The number of hydrogen-bond acceptors (Lipinski definition) is 5. The SMILES string of the molecule is CCn1ncnc1CC(=O)C1CSCCN1C. The van der Waals surface area contributed by atoms with Crippen molar-refractivity contribution in [2.75, 3.05) is 25.1 Å². The molecule has 0 amide bonds. The normalized spacial score (nSPS) is 21.6. The molecule has 1 aromatic rings. The molecule has 17 heavy (non-hydrogen) atoms. The first-order valence-corrected chi connectivity index (χ1v) is 7.05. The van der Waals surface area contributed by atoms with Crippen LogP contribution >= 0.6 is 11.8 Å². The van der Waals surface area contributed by atoms with E-state index in [0.717, 1.165) is 30.4 Å². The molecule has 0 bridgehead atoms. The number of aromatic nitrogens is 3. The summed E-state index contributed by atoms with van der Waals surface area (Å²) in [5, 5.41) is 4.09. The first kappa shape index (κ1) is 12.6. The van der Waals surface area contributed by atoms with Crippen molar-refractivity contribution in [3.8, 4) is 0 Å². The number of rotatable bonds is 4. The lowest BCUT2D eigenvalue weighted by Crippen LogP contribution is -2.45. The predicted molar refractivity (Wildman–Crippen MR) is 68.2 cm³/mol. The number of ketones is 1. The second-order valence-corrected chi connectivity index (χ2v) is 5.36. The fourth-order valence-corrected chi connectivity index (χ4v) is 3.24. The van der Waals surface area contributed by atoms with Gasteiger partial charge in [0.25, 0.3) is 0 Å². The summed E-state index contributed by atoms with van der Waals surface area (Å²) in [6, 6.07) is 0.0377. The van der Waals surface area contributed by atoms with Gasteiger partial charge in [0.1, 0.15) is 12.2 Å². The van der Waals surface area contributed by atoms with Crippen molar-refractivity contribution in [1.82, 2.24) is 19.7 Å². The van der Waals surface area contributed by atoms with Gasteiger partial charge in [-0.05, 0) is 14.0 Å². The summed E-state index contributed by atoms with van der Waals surface area (Å²) in [5.41, 5.74) is 0. The Bertz CT molecular complexity index is 393. The lowest BCUT2D eigenvalue weighted by molar-refractivity contribution is -0.122. The van der Waals surface area contributed by atoms with Crippen molar-refractivity contribution >= 4 is 17.5 Å². The van der Waals surface area contributed by atoms with Crippen LogP contribution < -0.4 is 0 Å². The third-order valence-corrected chi connectivity index (χ3v) is 4.12. The number of hydrogen-bond donors (Lipinski definition) is 0. The van der Waals surface area contributed by atoms with E-state index in [1.807, 2.05) is 25.7 Å². The molecule has 1 aromatic heterocycles. The van der Waals surface area contributed by atoms with E-state index >= 15 is 0 Å². The van der Waals surface area contributed by atoms with Gasteiger partial charge in [-0.2, -0.15) is 16.9 Å². The van der Waals surface area contributed by atoms with Crippen molar-refractivity contribution < 1.29 is 4.79 Å². The molecule has 0 aliphatic carbocycles. The van der Waals surface area contributed by atoms with Gasteiger partial charge in [-0.15, -0.1) is 0 Å². The van der Waals surface area contributed by atoms with Crippen molar-refractivity contribution in [1.29, 1.82) is 0 Å². The Labute approximate surface area is 106 Å². The molecule has 1 saturated heterocycles. The maximum absolute atomic E-state index is 12.2. The zero-order valence-corrected chi connectivity index (χ0v) is 11.1. The number of likely N-dealkylation sites (N-methyl/N-ethyl adjacent to an activating group) is 1. The lowest BCUT2D eigenvalue weighted by Gasteiger charge is -2.30. The van der Waals surface area contributed by atoms with E-state index in [2.05, 4.69) is 15.0 Å². The first-order chi connectivity index (χ1) is 8.22. The van der Waals surface area contributed by atoms with E-state index in [9.17, 15) is 4.79 Å². The summed E-state index contributed by atoms with van der Waals surface area (Å²) in [6.07, 6.45) is 1.91. The van der Waals surface area contributed by atoms with E-state index in [1.165, 1.54) is 6.33 Å². The average Bonchev–Trinajstić information content (AvgIpc) is 2.76. The summed E-state index contributed by atoms with van der Waals surface area (Å²) < 4.78 is 1.79. The monoisotopic (exact) mass is 254 g/mol. The summed E-state index contributed by atoms with van der Waals surface area (Å²) in [4.78, 5) is 18.5. The topological polar surface area (TPSA) is 51.0 Å². The summed E-state index contributed by atoms with van der Waals surface area (Å²) >= 11 is 1.85. The number of carbonyl (C=O) groups is 1. The molecular formula is C11H18N4OS. The minimum absolute atomic E-state index is 0.0377. The zero-order valence-electron chi connectivity index (χ0n) is 10.3. The third kappa shape index (κ3) is 2.87. The molecule has 0 saturated carbocycles. The zero-order chi connectivity index (χ0) is 12.3. The van der Waals surface area contributed by atoms with Gasteiger partial charge in [-0.1, -0.05) is 0 Å². The van der Waals surface area contributed by atoms with Gasteiger partial charge in [0.2, 0.25) is 0 Å². The lowest BCUT2D eigenvalue weighted by atomic mass is 10.1. The number of aryl methyl sites for hydroxylation is 1. The molecule has 0 spiro atoms. The second kappa shape index (κ2) is 5.64. The van der Waals surface area contributed by atoms with E-state index in [0.29, 0.717) is 6.42 Å². The minimum atomic E-state index is 0.0377.